The van der Waals surface area contributed by atoms with Crippen LogP contribution in [-0.2, 0) is 0 Å². The maximum atomic E-state index is 14.7. The Morgan fingerprint density at radius 1 is 0.943 bits per heavy atom. The van der Waals surface area contributed by atoms with Gasteiger partial charge in [0.05, 0.1) is 5.69 Å². The fourth-order valence-corrected chi connectivity index (χ4v) is 3.61. The lowest BCUT2D eigenvalue weighted by molar-refractivity contribution is 0.100. The highest BCUT2D eigenvalue weighted by atomic mass is 19.1. The van der Waals surface area contributed by atoms with Crippen LogP contribution in [0.15, 0.2) is 65.7 Å². The van der Waals surface area contributed by atoms with Crippen molar-refractivity contribution in [1.29, 1.82) is 0 Å². The fourth-order valence-electron chi connectivity index (χ4n) is 3.61. The molecule has 3 aromatic carbocycles. The van der Waals surface area contributed by atoms with E-state index < -0.39 is 40.9 Å². The summed E-state index contributed by atoms with van der Waals surface area (Å²) in [6, 6.07) is 10.1. The summed E-state index contributed by atoms with van der Waals surface area (Å²) < 4.78 is 57.4. The molecular weight excluding hydrogens is 464 g/mol. The average Bonchev–Trinajstić information content (AvgIpc) is 2.80. The third kappa shape index (κ3) is 4.45. The standard InChI is InChI=1S/C25H16F4N4O2/c1-2-31-24(34)13-6-8-16-14(10-13)11-21(32-22(16)17-9-7-15(26)12-20(17)29)33(25(30)35)23-18(27)4-3-5-19(23)28/h2-12H,1H3,(H2,30,35). The number of nitrogens with two attached hydrogens (primary N) is 1. The summed E-state index contributed by atoms with van der Waals surface area (Å²) in [6.07, 6.45) is 1.31. The minimum atomic E-state index is -1.27. The van der Waals surface area contributed by atoms with Crippen molar-refractivity contribution >= 4 is 40.4 Å². The highest BCUT2D eigenvalue weighted by Gasteiger charge is 2.26. The number of fused-ring (bicyclic) bond motifs is 1. The Morgan fingerprint density at radius 2 is 1.66 bits per heavy atom. The van der Waals surface area contributed by atoms with E-state index in [2.05, 4.69) is 9.98 Å². The first kappa shape index (κ1) is 23.6. The van der Waals surface area contributed by atoms with Crippen LogP contribution in [0.25, 0.3) is 22.0 Å². The van der Waals surface area contributed by atoms with Gasteiger partial charge in [0.15, 0.2) is 0 Å². The molecule has 10 heteroatoms. The van der Waals surface area contributed by atoms with Gasteiger partial charge in [-0.1, -0.05) is 12.1 Å². The number of rotatable bonds is 4. The van der Waals surface area contributed by atoms with E-state index in [-0.39, 0.29) is 28.0 Å². The van der Waals surface area contributed by atoms with Crippen molar-refractivity contribution in [2.24, 2.45) is 10.7 Å². The number of urea groups is 1. The number of primary amides is 1. The topological polar surface area (TPSA) is 88.7 Å². The van der Waals surface area contributed by atoms with E-state index in [1.165, 1.54) is 30.5 Å². The molecule has 0 bridgehead atoms. The zero-order valence-corrected chi connectivity index (χ0v) is 18.1. The molecule has 0 unspecified atom stereocenters. The van der Waals surface area contributed by atoms with Crippen molar-refractivity contribution in [3.8, 4) is 11.3 Å². The van der Waals surface area contributed by atoms with Crippen LogP contribution in [0, 0.1) is 23.3 Å². The number of hydrogen-bond donors (Lipinski definition) is 1. The number of nitrogens with zero attached hydrogens (tertiary/aromatic N) is 3. The minimum Gasteiger partial charge on any atom is -0.351 e. The van der Waals surface area contributed by atoms with E-state index in [0.717, 1.165) is 30.3 Å². The van der Waals surface area contributed by atoms with Crippen LogP contribution in [0.3, 0.4) is 0 Å². The lowest BCUT2D eigenvalue weighted by Gasteiger charge is -2.22. The molecule has 4 rings (SSSR count). The first-order valence-electron chi connectivity index (χ1n) is 10.2. The molecule has 176 valence electrons. The van der Waals surface area contributed by atoms with Crippen LogP contribution in [0.1, 0.15) is 17.3 Å². The number of hydrogen-bond acceptors (Lipinski definition) is 3. The maximum Gasteiger partial charge on any atom is 0.325 e. The molecular formula is C25H16F4N4O2. The number of amides is 3. The fraction of sp³-hybridized carbons (Fsp3) is 0.0400. The molecule has 0 atom stereocenters. The van der Waals surface area contributed by atoms with Gasteiger partial charge in [0.2, 0.25) is 0 Å². The monoisotopic (exact) mass is 480 g/mol. The first-order chi connectivity index (χ1) is 16.7. The SMILES string of the molecule is CC=NC(=O)c1ccc2c(-c3ccc(F)cc3F)nc(N(C(N)=O)c3c(F)cccc3F)cc2c1. The number of aromatic nitrogens is 1. The van der Waals surface area contributed by atoms with Gasteiger partial charge >= 0.3 is 6.03 Å². The van der Waals surface area contributed by atoms with Crippen molar-refractivity contribution in [3.05, 3.63) is 89.5 Å². The van der Waals surface area contributed by atoms with Crippen LogP contribution in [0.5, 0.6) is 0 Å². The Morgan fingerprint density at radius 3 is 2.29 bits per heavy atom. The van der Waals surface area contributed by atoms with Crippen LogP contribution in [0.4, 0.5) is 33.9 Å². The summed E-state index contributed by atoms with van der Waals surface area (Å²) >= 11 is 0. The van der Waals surface area contributed by atoms with Gasteiger partial charge in [0.1, 0.15) is 34.8 Å². The average molecular weight is 480 g/mol. The molecule has 1 aromatic heterocycles. The Bertz CT molecular complexity index is 1500. The van der Waals surface area contributed by atoms with Crippen molar-refractivity contribution in [2.75, 3.05) is 4.90 Å². The van der Waals surface area contributed by atoms with Gasteiger partial charge in [0.25, 0.3) is 5.91 Å². The predicted octanol–water partition coefficient (Wildman–Crippen LogP) is 5.91. The second kappa shape index (κ2) is 9.34. The van der Waals surface area contributed by atoms with Gasteiger partial charge in [-0.25, -0.2) is 37.2 Å². The largest absolute Gasteiger partial charge is 0.351 e. The van der Waals surface area contributed by atoms with E-state index in [0.29, 0.717) is 16.4 Å². The Kier molecular flexibility index (Phi) is 6.28. The minimum absolute atomic E-state index is 0.0732. The molecule has 2 N–H and O–H groups in total. The molecule has 4 aromatic rings. The maximum absolute atomic E-state index is 14.7. The Balaban J connectivity index is 2.06. The molecule has 3 amide bonds. The number of halogens is 4. The predicted molar refractivity (Wildman–Crippen MR) is 124 cm³/mol. The summed E-state index contributed by atoms with van der Waals surface area (Å²) in [7, 11) is 0. The molecule has 35 heavy (non-hydrogen) atoms. The van der Waals surface area contributed by atoms with Gasteiger partial charge in [-0.05, 0) is 54.8 Å². The second-order valence-electron chi connectivity index (χ2n) is 7.33. The zero-order chi connectivity index (χ0) is 25.3. The lowest BCUT2D eigenvalue weighted by Crippen LogP contribution is -2.33. The Hall–Kier alpha value is -4.60. The number of anilines is 2. The summed E-state index contributed by atoms with van der Waals surface area (Å²) in [4.78, 5) is 33.1. The van der Waals surface area contributed by atoms with Crippen LogP contribution < -0.4 is 10.6 Å². The second-order valence-corrected chi connectivity index (χ2v) is 7.33. The van der Waals surface area contributed by atoms with Crippen LogP contribution in [-0.4, -0.2) is 23.1 Å². The van der Waals surface area contributed by atoms with Crippen molar-refractivity contribution in [2.45, 2.75) is 6.92 Å². The van der Waals surface area contributed by atoms with E-state index in [4.69, 9.17) is 5.73 Å². The van der Waals surface area contributed by atoms with Gasteiger partial charge in [-0.3, -0.25) is 4.79 Å². The number of para-hydroxylation sites is 1. The number of aliphatic imine (C=N–C) groups is 1. The molecule has 0 spiro atoms. The number of carbonyl (C=O) groups excluding carboxylic acids is 2. The van der Waals surface area contributed by atoms with E-state index in [1.54, 1.807) is 6.92 Å². The third-order valence-electron chi connectivity index (χ3n) is 5.11. The molecule has 0 fully saturated rings. The van der Waals surface area contributed by atoms with Crippen LogP contribution in [0.2, 0.25) is 0 Å². The molecule has 6 nitrogen and oxygen atoms in total. The summed E-state index contributed by atoms with van der Waals surface area (Å²) in [5.41, 5.74) is 4.59. The highest BCUT2D eigenvalue weighted by Crippen LogP contribution is 2.36. The van der Waals surface area contributed by atoms with Crippen molar-refractivity contribution in [3.63, 3.8) is 0 Å². The highest BCUT2D eigenvalue weighted by molar-refractivity contribution is 6.06. The Labute approximate surface area is 196 Å². The number of benzene rings is 3. The van der Waals surface area contributed by atoms with Crippen LogP contribution >= 0.6 is 0 Å². The van der Waals surface area contributed by atoms with Gasteiger partial charge in [-0.2, -0.15) is 0 Å². The van der Waals surface area contributed by atoms with Gasteiger partial charge in [0, 0.05) is 28.8 Å². The summed E-state index contributed by atoms with van der Waals surface area (Å²) in [5.74, 6) is -4.91. The smallest absolute Gasteiger partial charge is 0.325 e. The van der Waals surface area contributed by atoms with Gasteiger partial charge < -0.3 is 5.73 Å². The van der Waals surface area contributed by atoms with E-state index in [9.17, 15) is 27.2 Å². The van der Waals surface area contributed by atoms with Crippen molar-refractivity contribution in [1.82, 2.24) is 4.98 Å². The molecule has 0 saturated carbocycles. The molecule has 0 radical (unpaired) electrons. The first-order valence-corrected chi connectivity index (χ1v) is 10.2. The zero-order valence-electron chi connectivity index (χ0n) is 18.1. The molecule has 0 aliphatic heterocycles. The van der Waals surface area contributed by atoms with E-state index >= 15 is 0 Å². The third-order valence-corrected chi connectivity index (χ3v) is 5.11. The summed E-state index contributed by atoms with van der Waals surface area (Å²) in [6.45, 7) is 1.56. The molecule has 1 heterocycles. The summed E-state index contributed by atoms with van der Waals surface area (Å²) in [5, 5.41) is 0.573. The van der Waals surface area contributed by atoms with Gasteiger partial charge in [-0.15, -0.1) is 0 Å². The normalized spacial score (nSPS) is 11.2. The molecule has 0 aliphatic rings. The number of pyridine rings is 1. The molecule has 0 aliphatic carbocycles. The quantitative estimate of drug-likeness (QED) is 0.291. The lowest BCUT2D eigenvalue weighted by atomic mass is 10.0. The van der Waals surface area contributed by atoms with Crippen molar-refractivity contribution < 1.29 is 27.2 Å². The number of carbonyl (C=O) groups is 2. The molecule has 0 saturated heterocycles. The van der Waals surface area contributed by atoms with E-state index in [1.807, 2.05) is 0 Å².